The molecule has 0 amide bonds. The van der Waals surface area contributed by atoms with Crippen molar-refractivity contribution in [3.63, 3.8) is 0 Å². The molecule has 1 heterocycles. The highest BCUT2D eigenvalue weighted by atomic mass is 32.2. The van der Waals surface area contributed by atoms with Crippen molar-refractivity contribution < 1.29 is 8.95 Å². The summed E-state index contributed by atoms with van der Waals surface area (Å²) in [5, 5.41) is 4.31. The zero-order valence-electron chi connectivity index (χ0n) is 10.1. The van der Waals surface area contributed by atoms with Crippen LogP contribution in [0.3, 0.4) is 0 Å². The van der Waals surface area contributed by atoms with E-state index < -0.39 is 10.8 Å². The van der Waals surface area contributed by atoms with E-state index in [0.29, 0.717) is 16.5 Å². The fraction of sp³-hybridized carbons (Fsp3) is 1.00. The van der Waals surface area contributed by atoms with E-state index in [4.69, 9.17) is 4.74 Å². The molecule has 3 unspecified atom stereocenters. The molecule has 1 aliphatic carbocycles. The molecule has 2 aliphatic rings. The van der Waals surface area contributed by atoms with Crippen molar-refractivity contribution in [3.8, 4) is 0 Å². The van der Waals surface area contributed by atoms with E-state index in [-0.39, 0.29) is 0 Å². The summed E-state index contributed by atoms with van der Waals surface area (Å²) in [6, 6.07) is 0.610. The Morgan fingerprint density at radius 3 is 2.62 bits per heavy atom. The summed E-state index contributed by atoms with van der Waals surface area (Å²) in [5.74, 6) is 0. The Bertz CT molecular complexity index is 241. The van der Waals surface area contributed by atoms with Crippen LogP contribution in [0, 0.1) is 0 Å². The van der Waals surface area contributed by atoms with Gasteiger partial charge in [-0.2, -0.15) is 0 Å². The highest BCUT2D eigenvalue weighted by Gasteiger charge is 2.32. The summed E-state index contributed by atoms with van der Waals surface area (Å²) in [7, 11) is -0.626. The lowest BCUT2D eigenvalue weighted by Crippen LogP contribution is -2.32. The third-order valence-corrected chi connectivity index (χ3v) is 5.92. The molecule has 0 spiro atoms. The van der Waals surface area contributed by atoms with Gasteiger partial charge in [0.1, 0.15) is 0 Å². The highest BCUT2D eigenvalue weighted by molar-refractivity contribution is 7.86. The van der Waals surface area contributed by atoms with Gasteiger partial charge in [0.25, 0.3) is 0 Å². The molecule has 0 radical (unpaired) electrons. The van der Waals surface area contributed by atoms with Crippen LogP contribution in [0.1, 0.15) is 39.0 Å². The minimum Gasteiger partial charge on any atom is -0.381 e. The number of hydrogen-bond acceptors (Lipinski definition) is 3. The fourth-order valence-corrected chi connectivity index (χ4v) is 4.80. The Hall–Kier alpha value is 0.0700. The van der Waals surface area contributed by atoms with Crippen LogP contribution >= 0.6 is 0 Å². The SMILES string of the molecule is CCNC1CCC(S(=O)C2CCOCC2)C1. The molecule has 3 nitrogen and oxygen atoms in total. The van der Waals surface area contributed by atoms with E-state index >= 15 is 0 Å². The van der Waals surface area contributed by atoms with Gasteiger partial charge >= 0.3 is 0 Å². The summed E-state index contributed by atoms with van der Waals surface area (Å²) in [4.78, 5) is 0. The summed E-state index contributed by atoms with van der Waals surface area (Å²) >= 11 is 0. The number of hydrogen-bond donors (Lipinski definition) is 1. The summed E-state index contributed by atoms with van der Waals surface area (Å²) in [6.07, 6.45) is 5.44. The standard InChI is InChI=1S/C12H23NO2S/c1-2-13-10-3-4-12(9-10)16(14)11-5-7-15-8-6-11/h10-13H,2-9H2,1H3. The molecule has 1 aliphatic heterocycles. The van der Waals surface area contributed by atoms with Crippen molar-refractivity contribution in [2.75, 3.05) is 19.8 Å². The van der Waals surface area contributed by atoms with E-state index in [1.165, 1.54) is 6.42 Å². The van der Waals surface area contributed by atoms with Gasteiger partial charge in [-0.15, -0.1) is 0 Å². The Balaban J connectivity index is 1.81. The van der Waals surface area contributed by atoms with Crippen LogP contribution in [0.15, 0.2) is 0 Å². The third-order valence-electron chi connectivity index (χ3n) is 3.70. The molecule has 4 heteroatoms. The smallest absolute Gasteiger partial charge is 0.0477 e. The summed E-state index contributed by atoms with van der Waals surface area (Å²) in [5.41, 5.74) is 0. The Labute approximate surface area is 101 Å². The van der Waals surface area contributed by atoms with Crippen LogP contribution in [-0.4, -0.2) is 40.5 Å². The zero-order chi connectivity index (χ0) is 11.4. The fourth-order valence-electron chi connectivity index (χ4n) is 2.81. The van der Waals surface area contributed by atoms with Crippen LogP contribution in [0.2, 0.25) is 0 Å². The molecule has 1 saturated carbocycles. The maximum Gasteiger partial charge on any atom is 0.0477 e. The molecule has 3 atom stereocenters. The van der Waals surface area contributed by atoms with Crippen LogP contribution in [0.5, 0.6) is 0 Å². The van der Waals surface area contributed by atoms with Gasteiger partial charge in [-0.3, -0.25) is 4.21 Å². The predicted molar refractivity (Wildman–Crippen MR) is 67.1 cm³/mol. The topological polar surface area (TPSA) is 38.3 Å². The lowest BCUT2D eigenvalue weighted by atomic mass is 10.2. The second-order valence-electron chi connectivity index (χ2n) is 4.83. The molecule has 1 N–H and O–H groups in total. The average Bonchev–Trinajstić information content (AvgIpc) is 2.78. The zero-order valence-corrected chi connectivity index (χ0v) is 10.9. The Morgan fingerprint density at radius 2 is 1.94 bits per heavy atom. The van der Waals surface area contributed by atoms with E-state index in [0.717, 1.165) is 45.4 Å². The van der Waals surface area contributed by atoms with Gasteiger partial charge in [-0.05, 0) is 38.6 Å². The first kappa shape index (κ1) is 12.5. The first-order valence-electron chi connectivity index (χ1n) is 6.51. The maximum absolute atomic E-state index is 12.4. The van der Waals surface area contributed by atoms with Gasteiger partial charge in [0.2, 0.25) is 0 Å². The molecular weight excluding hydrogens is 222 g/mol. The molecule has 0 aromatic heterocycles. The van der Waals surface area contributed by atoms with Gasteiger partial charge < -0.3 is 10.1 Å². The largest absolute Gasteiger partial charge is 0.381 e. The normalized spacial score (nSPS) is 34.1. The number of rotatable bonds is 4. The average molecular weight is 245 g/mol. The van der Waals surface area contributed by atoms with Crippen LogP contribution in [0.25, 0.3) is 0 Å². The Morgan fingerprint density at radius 1 is 1.19 bits per heavy atom. The second kappa shape index (κ2) is 6.12. The monoisotopic (exact) mass is 245 g/mol. The van der Waals surface area contributed by atoms with Crippen molar-refractivity contribution in [2.45, 2.75) is 55.6 Å². The first-order chi connectivity index (χ1) is 7.81. The molecule has 0 aromatic carbocycles. The van der Waals surface area contributed by atoms with E-state index in [1.807, 2.05) is 0 Å². The lowest BCUT2D eigenvalue weighted by molar-refractivity contribution is 0.0991. The Kier molecular flexibility index (Phi) is 4.79. The van der Waals surface area contributed by atoms with Crippen molar-refractivity contribution in [2.24, 2.45) is 0 Å². The minimum atomic E-state index is -0.626. The quantitative estimate of drug-likeness (QED) is 0.814. The van der Waals surface area contributed by atoms with Gasteiger partial charge in [0, 0.05) is 40.6 Å². The molecule has 94 valence electrons. The molecule has 16 heavy (non-hydrogen) atoms. The molecule has 2 fully saturated rings. The van der Waals surface area contributed by atoms with Crippen LogP contribution < -0.4 is 5.32 Å². The lowest BCUT2D eigenvalue weighted by Gasteiger charge is -2.24. The van der Waals surface area contributed by atoms with Gasteiger partial charge in [-0.1, -0.05) is 6.92 Å². The summed E-state index contributed by atoms with van der Waals surface area (Å²) < 4.78 is 17.7. The first-order valence-corrected chi connectivity index (χ1v) is 7.79. The van der Waals surface area contributed by atoms with Gasteiger partial charge in [-0.25, -0.2) is 0 Å². The number of ether oxygens (including phenoxy) is 1. The van der Waals surface area contributed by atoms with Gasteiger partial charge in [0.15, 0.2) is 0 Å². The maximum atomic E-state index is 12.4. The van der Waals surface area contributed by atoms with E-state index in [1.54, 1.807) is 0 Å². The summed E-state index contributed by atoms with van der Waals surface area (Å²) in [6.45, 7) is 4.78. The van der Waals surface area contributed by atoms with Crippen molar-refractivity contribution in [1.82, 2.24) is 5.32 Å². The minimum absolute atomic E-state index is 0.402. The number of nitrogens with one attached hydrogen (secondary N) is 1. The molecule has 1 saturated heterocycles. The molecule has 0 aromatic rings. The molecule has 2 rings (SSSR count). The molecular formula is C12H23NO2S. The second-order valence-corrected chi connectivity index (χ2v) is 6.82. The van der Waals surface area contributed by atoms with E-state index in [9.17, 15) is 4.21 Å². The molecule has 0 bridgehead atoms. The predicted octanol–water partition coefficient (Wildman–Crippen LogP) is 1.44. The highest BCUT2D eigenvalue weighted by Crippen LogP contribution is 2.28. The van der Waals surface area contributed by atoms with Crippen LogP contribution in [-0.2, 0) is 15.5 Å². The van der Waals surface area contributed by atoms with Crippen molar-refractivity contribution in [3.05, 3.63) is 0 Å². The van der Waals surface area contributed by atoms with Crippen molar-refractivity contribution >= 4 is 10.8 Å². The third kappa shape index (κ3) is 3.05. The van der Waals surface area contributed by atoms with Crippen molar-refractivity contribution in [1.29, 1.82) is 0 Å². The van der Waals surface area contributed by atoms with Crippen LogP contribution in [0.4, 0.5) is 0 Å². The van der Waals surface area contributed by atoms with Gasteiger partial charge in [0.05, 0.1) is 0 Å². The van der Waals surface area contributed by atoms with E-state index in [2.05, 4.69) is 12.2 Å².